The van der Waals surface area contributed by atoms with Gasteiger partial charge in [-0.25, -0.2) is 0 Å². The van der Waals surface area contributed by atoms with Crippen molar-refractivity contribution in [3.63, 3.8) is 0 Å². The smallest absolute Gasteiger partial charge is 0.277 e. The Bertz CT molecular complexity index is 956. The third-order valence-corrected chi connectivity index (χ3v) is 5.54. The molecule has 0 spiro atoms. The van der Waals surface area contributed by atoms with Gasteiger partial charge in [-0.2, -0.15) is 0 Å². The summed E-state index contributed by atoms with van der Waals surface area (Å²) in [4.78, 5) is 12.4. The number of hydrogen-bond acceptors (Lipinski definition) is 5. The van der Waals surface area contributed by atoms with Crippen molar-refractivity contribution in [3.8, 4) is 11.5 Å². The summed E-state index contributed by atoms with van der Waals surface area (Å²) in [5.41, 5.74) is 3.89. The Morgan fingerprint density at radius 2 is 1.96 bits per heavy atom. The van der Waals surface area contributed by atoms with Crippen molar-refractivity contribution in [1.29, 1.82) is 0 Å². The average molecular weight is 446 g/mol. The van der Waals surface area contributed by atoms with E-state index in [0.717, 1.165) is 26.9 Å². The molecule has 1 amide bonds. The summed E-state index contributed by atoms with van der Waals surface area (Å²) in [6.45, 7) is 6.22. The number of aryl methyl sites for hydroxylation is 1. The van der Waals surface area contributed by atoms with Gasteiger partial charge in [0.2, 0.25) is 11.8 Å². The first kappa shape index (κ1) is 19.6. The van der Waals surface area contributed by atoms with Crippen LogP contribution in [0.5, 0.6) is 0 Å². The Labute approximate surface area is 171 Å². The van der Waals surface area contributed by atoms with Crippen molar-refractivity contribution < 1.29 is 9.21 Å². The van der Waals surface area contributed by atoms with E-state index < -0.39 is 0 Å². The van der Waals surface area contributed by atoms with Gasteiger partial charge in [0.1, 0.15) is 0 Å². The molecule has 140 valence electrons. The molecule has 0 unspecified atom stereocenters. The molecule has 0 aliphatic rings. The molecule has 27 heavy (non-hydrogen) atoms. The van der Waals surface area contributed by atoms with Crippen LogP contribution in [-0.4, -0.2) is 21.9 Å². The van der Waals surface area contributed by atoms with Gasteiger partial charge in [0, 0.05) is 10.2 Å². The van der Waals surface area contributed by atoms with Gasteiger partial charge in [0.25, 0.3) is 5.22 Å². The van der Waals surface area contributed by atoms with Gasteiger partial charge in [-0.15, -0.1) is 10.2 Å². The number of halogens is 1. The molecule has 1 N–H and O–H groups in total. The highest BCUT2D eigenvalue weighted by molar-refractivity contribution is 9.10. The van der Waals surface area contributed by atoms with Crippen LogP contribution < -0.4 is 5.32 Å². The third-order valence-electron chi connectivity index (χ3n) is 4.03. The summed E-state index contributed by atoms with van der Waals surface area (Å²) < 4.78 is 6.55. The van der Waals surface area contributed by atoms with Crippen molar-refractivity contribution >= 4 is 39.3 Å². The van der Waals surface area contributed by atoms with Crippen LogP contribution in [0, 0.1) is 6.92 Å². The first-order valence-electron chi connectivity index (χ1n) is 8.56. The number of carbonyl (C=O) groups is 1. The number of para-hydroxylation sites is 1. The van der Waals surface area contributed by atoms with E-state index in [-0.39, 0.29) is 11.7 Å². The maximum Gasteiger partial charge on any atom is 0.277 e. The minimum atomic E-state index is -0.100. The number of thioether (sulfide) groups is 1. The molecule has 1 heterocycles. The molecule has 2 aromatic carbocycles. The standard InChI is InChI=1S/C20H20BrN3O2S/c1-12(2)14-9-6-7-13(3)18(14)22-17(25)11-27-20-24-23-19(26-20)15-8-4-5-10-16(15)21/h4-10,12H,11H2,1-3H3,(H,22,25). The van der Waals surface area contributed by atoms with Crippen molar-refractivity contribution in [1.82, 2.24) is 10.2 Å². The zero-order valence-electron chi connectivity index (χ0n) is 15.3. The molecule has 7 heteroatoms. The largest absolute Gasteiger partial charge is 0.411 e. The van der Waals surface area contributed by atoms with E-state index in [2.05, 4.69) is 45.3 Å². The maximum atomic E-state index is 12.4. The fourth-order valence-corrected chi connectivity index (χ4v) is 3.67. The minimum absolute atomic E-state index is 0.100. The fourth-order valence-electron chi connectivity index (χ4n) is 2.66. The third kappa shape index (κ3) is 4.78. The van der Waals surface area contributed by atoms with Gasteiger partial charge in [0.15, 0.2) is 0 Å². The Kier molecular flexibility index (Phi) is 6.34. The van der Waals surface area contributed by atoms with Gasteiger partial charge in [-0.3, -0.25) is 4.79 Å². The van der Waals surface area contributed by atoms with Crippen molar-refractivity contribution in [2.45, 2.75) is 31.9 Å². The highest BCUT2D eigenvalue weighted by Crippen LogP contribution is 2.30. The predicted molar refractivity (Wildman–Crippen MR) is 112 cm³/mol. The molecule has 3 rings (SSSR count). The zero-order valence-corrected chi connectivity index (χ0v) is 17.7. The molecule has 0 fully saturated rings. The quantitative estimate of drug-likeness (QED) is 0.495. The molecule has 1 aromatic heterocycles. The number of aromatic nitrogens is 2. The molecule has 0 saturated heterocycles. The Hall–Kier alpha value is -2.12. The molecular formula is C20H20BrN3O2S. The van der Waals surface area contributed by atoms with Crippen LogP contribution in [0.4, 0.5) is 5.69 Å². The van der Waals surface area contributed by atoms with E-state index >= 15 is 0 Å². The number of anilines is 1. The highest BCUT2D eigenvalue weighted by atomic mass is 79.9. The van der Waals surface area contributed by atoms with Crippen LogP contribution in [0.1, 0.15) is 30.9 Å². The van der Waals surface area contributed by atoms with Gasteiger partial charge in [-0.1, -0.05) is 55.9 Å². The van der Waals surface area contributed by atoms with E-state index in [1.54, 1.807) is 0 Å². The SMILES string of the molecule is Cc1cccc(C(C)C)c1NC(=O)CSc1nnc(-c2ccccc2Br)o1. The van der Waals surface area contributed by atoms with Crippen LogP contribution in [0.2, 0.25) is 0 Å². The lowest BCUT2D eigenvalue weighted by Crippen LogP contribution is -2.16. The van der Waals surface area contributed by atoms with E-state index in [0.29, 0.717) is 17.0 Å². The van der Waals surface area contributed by atoms with Crippen LogP contribution in [0.25, 0.3) is 11.5 Å². The zero-order chi connectivity index (χ0) is 19.4. The van der Waals surface area contributed by atoms with E-state index in [4.69, 9.17) is 4.42 Å². The van der Waals surface area contributed by atoms with Gasteiger partial charge in [0.05, 0.1) is 11.3 Å². The molecule has 5 nitrogen and oxygen atoms in total. The summed E-state index contributed by atoms with van der Waals surface area (Å²) in [6, 6.07) is 13.7. The summed E-state index contributed by atoms with van der Waals surface area (Å²) in [5.74, 6) is 0.850. The molecular weight excluding hydrogens is 426 g/mol. The van der Waals surface area contributed by atoms with E-state index in [1.165, 1.54) is 11.8 Å². The number of amides is 1. The first-order valence-corrected chi connectivity index (χ1v) is 10.3. The van der Waals surface area contributed by atoms with Crippen molar-refractivity contribution in [3.05, 3.63) is 58.1 Å². The Morgan fingerprint density at radius 3 is 2.70 bits per heavy atom. The Morgan fingerprint density at radius 1 is 1.19 bits per heavy atom. The second-order valence-corrected chi connectivity index (χ2v) is 8.16. The van der Waals surface area contributed by atoms with Crippen LogP contribution in [0.3, 0.4) is 0 Å². The number of benzene rings is 2. The predicted octanol–water partition coefficient (Wildman–Crippen LogP) is 5.66. The van der Waals surface area contributed by atoms with E-state index in [9.17, 15) is 4.79 Å². The normalized spacial score (nSPS) is 11.0. The lowest BCUT2D eigenvalue weighted by molar-refractivity contribution is -0.113. The summed E-state index contributed by atoms with van der Waals surface area (Å²) >= 11 is 4.69. The lowest BCUT2D eigenvalue weighted by atomic mass is 9.98. The average Bonchev–Trinajstić information content (AvgIpc) is 3.10. The summed E-state index contributed by atoms with van der Waals surface area (Å²) in [5, 5.41) is 11.5. The number of hydrogen-bond donors (Lipinski definition) is 1. The number of rotatable bonds is 6. The lowest BCUT2D eigenvalue weighted by Gasteiger charge is -2.16. The molecule has 0 aliphatic heterocycles. The van der Waals surface area contributed by atoms with E-state index in [1.807, 2.05) is 49.4 Å². The first-order chi connectivity index (χ1) is 13.0. The molecule has 0 bridgehead atoms. The van der Waals surface area contributed by atoms with Crippen LogP contribution in [-0.2, 0) is 4.79 Å². The summed E-state index contributed by atoms with van der Waals surface area (Å²) in [7, 11) is 0. The van der Waals surface area contributed by atoms with Crippen LogP contribution in [0.15, 0.2) is 56.6 Å². The van der Waals surface area contributed by atoms with Crippen molar-refractivity contribution in [2.24, 2.45) is 0 Å². The van der Waals surface area contributed by atoms with Crippen LogP contribution >= 0.6 is 27.7 Å². The fraction of sp³-hybridized carbons (Fsp3) is 0.250. The second-order valence-electron chi connectivity index (χ2n) is 6.38. The van der Waals surface area contributed by atoms with Crippen molar-refractivity contribution in [2.75, 3.05) is 11.1 Å². The monoisotopic (exact) mass is 445 g/mol. The number of nitrogens with one attached hydrogen (secondary N) is 1. The van der Waals surface area contributed by atoms with Gasteiger partial charge < -0.3 is 9.73 Å². The van der Waals surface area contributed by atoms with Gasteiger partial charge >= 0.3 is 0 Å². The minimum Gasteiger partial charge on any atom is -0.411 e. The maximum absolute atomic E-state index is 12.4. The molecule has 0 aliphatic carbocycles. The molecule has 0 radical (unpaired) electrons. The number of carbonyl (C=O) groups excluding carboxylic acids is 1. The molecule has 0 atom stereocenters. The topological polar surface area (TPSA) is 68.0 Å². The Balaban J connectivity index is 1.65. The van der Waals surface area contributed by atoms with Gasteiger partial charge in [-0.05, 0) is 52.0 Å². The molecule has 0 saturated carbocycles. The molecule has 3 aromatic rings. The highest BCUT2D eigenvalue weighted by Gasteiger charge is 2.15. The summed E-state index contributed by atoms with van der Waals surface area (Å²) in [6.07, 6.45) is 0. The second kappa shape index (κ2) is 8.71. The number of nitrogens with zero attached hydrogens (tertiary/aromatic N) is 2.